The second kappa shape index (κ2) is 5.64. The molecule has 0 amide bonds. The predicted molar refractivity (Wildman–Crippen MR) is 83.3 cm³/mol. The summed E-state index contributed by atoms with van der Waals surface area (Å²) in [4.78, 5) is 23.8. The zero-order valence-corrected chi connectivity index (χ0v) is 12.5. The third kappa shape index (κ3) is 2.17. The van der Waals surface area contributed by atoms with Crippen molar-refractivity contribution in [1.82, 2.24) is 0 Å². The zero-order chi connectivity index (χ0) is 15.7. The summed E-state index contributed by atoms with van der Waals surface area (Å²) in [5.74, 6) is 0.652. The maximum absolute atomic E-state index is 12.6. The maximum atomic E-state index is 12.6. The van der Waals surface area contributed by atoms with Gasteiger partial charge < -0.3 is 9.47 Å². The lowest BCUT2D eigenvalue weighted by atomic mass is 9.91. The molecule has 0 fully saturated rings. The molecule has 0 aliphatic heterocycles. The molecule has 0 heterocycles. The molecule has 0 N–H and O–H groups in total. The Morgan fingerprint density at radius 3 is 2.50 bits per heavy atom. The largest absolute Gasteiger partial charge is 0.494 e. The molecule has 0 radical (unpaired) electrons. The second-order valence-electron chi connectivity index (χ2n) is 4.96. The third-order valence-electron chi connectivity index (χ3n) is 3.64. The van der Waals surface area contributed by atoms with Crippen molar-refractivity contribution in [3.63, 3.8) is 0 Å². The molecule has 0 unspecified atom stereocenters. The fourth-order valence-electron chi connectivity index (χ4n) is 2.74. The molecule has 0 spiro atoms. The van der Waals surface area contributed by atoms with E-state index in [0.717, 1.165) is 22.4 Å². The minimum Gasteiger partial charge on any atom is -0.494 e. The minimum atomic E-state index is -0.240. The SMILES string of the molecule is CCOC1=C(C=O)C=C2C(=Cc3cc(OCC)ccc32)C1=O. The lowest BCUT2D eigenvalue weighted by Crippen LogP contribution is -2.16. The van der Waals surface area contributed by atoms with E-state index >= 15 is 0 Å². The van der Waals surface area contributed by atoms with Crippen molar-refractivity contribution in [3.05, 3.63) is 52.3 Å². The van der Waals surface area contributed by atoms with E-state index in [1.54, 1.807) is 13.0 Å². The van der Waals surface area contributed by atoms with Gasteiger partial charge in [-0.1, -0.05) is 6.07 Å². The van der Waals surface area contributed by atoms with E-state index in [4.69, 9.17) is 9.47 Å². The Hall–Kier alpha value is -2.62. The summed E-state index contributed by atoms with van der Waals surface area (Å²) in [5.41, 5.74) is 3.48. The Kier molecular flexibility index (Phi) is 3.67. The molecular formula is C18H16O4. The summed E-state index contributed by atoms with van der Waals surface area (Å²) in [6, 6.07) is 5.68. The number of carbonyl (C=O) groups is 2. The summed E-state index contributed by atoms with van der Waals surface area (Å²) >= 11 is 0. The number of carbonyl (C=O) groups excluding carboxylic acids is 2. The normalized spacial score (nSPS) is 15.8. The first-order chi connectivity index (χ1) is 10.7. The van der Waals surface area contributed by atoms with Gasteiger partial charge in [0.05, 0.1) is 18.8 Å². The first kappa shape index (κ1) is 14.3. The molecule has 4 nitrogen and oxygen atoms in total. The number of rotatable bonds is 5. The van der Waals surface area contributed by atoms with Crippen molar-refractivity contribution in [3.8, 4) is 5.75 Å². The Bertz CT molecular complexity index is 750. The number of hydrogen-bond donors (Lipinski definition) is 0. The van der Waals surface area contributed by atoms with Gasteiger partial charge in [0.2, 0.25) is 5.78 Å². The van der Waals surface area contributed by atoms with E-state index in [-0.39, 0.29) is 11.5 Å². The molecule has 1 aromatic carbocycles. The quantitative estimate of drug-likeness (QED) is 0.784. The van der Waals surface area contributed by atoms with Crippen molar-refractivity contribution in [2.24, 2.45) is 0 Å². The fourth-order valence-corrected chi connectivity index (χ4v) is 2.74. The molecule has 2 aliphatic rings. The van der Waals surface area contributed by atoms with Gasteiger partial charge in [0.15, 0.2) is 12.0 Å². The fraction of sp³-hybridized carbons (Fsp3) is 0.222. The van der Waals surface area contributed by atoms with Crippen LogP contribution >= 0.6 is 0 Å². The van der Waals surface area contributed by atoms with E-state index in [0.29, 0.717) is 30.6 Å². The topological polar surface area (TPSA) is 52.6 Å². The van der Waals surface area contributed by atoms with Crippen LogP contribution in [0.3, 0.4) is 0 Å². The second-order valence-corrected chi connectivity index (χ2v) is 4.96. The summed E-state index contributed by atoms with van der Waals surface area (Å²) in [5, 5.41) is 0. The third-order valence-corrected chi connectivity index (χ3v) is 3.64. The van der Waals surface area contributed by atoms with E-state index in [9.17, 15) is 9.59 Å². The summed E-state index contributed by atoms with van der Waals surface area (Å²) in [7, 11) is 0. The molecule has 0 aromatic heterocycles. The van der Waals surface area contributed by atoms with Gasteiger partial charge >= 0.3 is 0 Å². The molecule has 4 heteroatoms. The van der Waals surface area contributed by atoms with Crippen LogP contribution in [0.15, 0.2) is 41.2 Å². The zero-order valence-electron chi connectivity index (χ0n) is 12.5. The molecule has 0 saturated heterocycles. The Morgan fingerprint density at radius 1 is 1.05 bits per heavy atom. The summed E-state index contributed by atoms with van der Waals surface area (Å²) in [6.07, 6.45) is 4.21. The van der Waals surface area contributed by atoms with Gasteiger partial charge in [-0.2, -0.15) is 0 Å². The molecule has 0 bridgehead atoms. The van der Waals surface area contributed by atoms with Gasteiger partial charge in [0, 0.05) is 5.57 Å². The van der Waals surface area contributed by atoms with Crippen LogP contribution in [0.4, 0.5) is 0 Å². The summed E-state index contributed by atoms with van der Waals surface area (Å²) < 4.78 is 10.8. The van der Waals surface area contributed by atoms with Crippen LogP contribution in [-0.4, -0.2) is 25.3 Å². The van der Waals surface area contributed by atoms with Crippen LogP contribution in [0.1, 0.15) is 25.0 Å². The Labute approximate surface area is 128 Å². The molecule has 22 heavy (non-hydrogen) atoms. The van der Waals surface area contributed by atoms with Gasteiger partial charge in [0.25, 0.3) is 0 Å². The number of allylic oxidation sites excluding steroid dienone is 4. The van der Waals surface area contributed by atoms with Crippen molar-refractivity contribution >= 4 is 23.7 Å². The van der Waals surface area contributed by atoms with Gasteiger partial charge in [-0.05, 0) is 54.8 Å². The average Bonchev–Trinajstić information content (AvgIpc) is 2.88. The molecule has 3 rings (SSSR count). The standard InChI is InChI=1S/C18H16O4/c1-3-21-13-5-6-14-11(7-13)8-16-15(14)9-12(10-19)18(17(16)20)22-4-2/h5-10H,3-4H2,1-2H3. The van der Waals surface area contributed by atoms with Gasteiger partial charge in [-0.25, -0.2) is 0 Å². The minimum absolute atomic E-state index is 0.130. The van der Waals surface area contributed by atoms with E-state index in [2.05, 4.69) is 0 Å². The maximum Gasteiger partial charge on any atom is 0.228 e. The molecule has 0 saturated carbocycles. The number of ketones is 1. The highest BCUT2D eigenvalue weighted by atomic mass is 16.5. The van der Waals surface area contributed by atoms with Crippen molar-refractivity contribution in [1.29, 1.82) is 0 Å². The number of ether oxygens (including phenoxy) is 2. The van der Waals surface area contributed by atoms with Crippen LogP contribution in [0.2, 0.25) is 0 Å². The highest BCUT2D eigenvalue weighted by Gasteiger charge is 2.32. The van der Waals surface area contributed by atoms with Gasteiger partial charge in [-0.15, -0.1) is 0 Å². The Morgan fingerprint density at radius 2 is 1.82 bits per heavy atom. The van der Waals surface area contributed by atoms with Crippen LogP contribution in [0.25, 0.3) is 11.6 Å². The number of fused-ring (bicyclic) bond motifs is 3. The van der Waals surface area contributed by atoms with E-state index in [1.165, 1.54) is 0 Å². The molecular weight excluding hydrogens is 280 g/mol. The van der Waals surface area contributed by atoms with Gasteiger partial charge in [-0.3, -0.25) is 9.59 Å². The first-order valence-corrected chi connectivity index (χ1v) is 7.27. The highest BCUT2D eigenvalue weighted by molar-refractivity contribution is 6.27. The van der Waals surface area contributed by atoms with E-state index in [1.807, 2.05) is 31.2 Å². The average molecular weight is 296 g/mol. The van der Waals surface area contributed by atoms with Crippen LogP contribution in [0.5, 0.6) is 5.75 Å². The lowest BCUT2D eigenvalue weighted by Gasteiger charge is -2.17. The number of benzene rings is 1. The van der Waals surface area contributed by atoms with Crippen LogP contribution < -0.4 is 4.74 Å². The molecule has 2 aliphatic carbocycles. The molecule has 0 atom stereocenters. The van der Waals surface area contributed by atoms with Crippen LogP contribution in [0, 0.1) is 0 Å². The summed E-state index contributed by atoms with van der Waals surface area (Å²) in [6.45, 7) is 4.64. The number of Topliss-reactive ketones (excluding diaryl/α,β-unsaturated/α-hetero) is 1. The van der Waals surface area contributed by atoms with Crippen molar-refractivity contribution in [2.45, 2.75) is 13.8 Å². The van der Waals surface area contributed by atoms with E-state index < -0.39 is 0 Å². The highest BCUT2D eigenvalue weighted by Crippen LogP contribution is 2.42. The predicted octanol–water partition coefficient (Wildman–Crippen LogP) is 2.94. The molecule has 1 aromatic rings. The van der Waals surface area contributed by atoms with Gasteiger partial charge in [0.1, 0.15) is 5.75 Å². The monoisotopic (exact) mass is 296 g/mol. The van der Waals surface area contributed by atoms with Crippen molar-refractivity contribution in [2.75, 3.05) is 13.2 Å². The smallest absolute Gasteiger partial charge is 0.228 e. The van der Waals surface area contributed by atoms with Crippen molar-refractivity contribution < 1.29 is 19.1 Å². The Balaban J connectivity index is 2.09. The number of aldehydes is 1. The lowest BCUT2D eigenvalue weighted by molar-refractivity contribution is -0.115. The van der Waals surface area contributed by atoms with Crippen LogP contribution in [-0.2, 0) is 14.3 Å². The first-order valence-electron chi connectivity index (χ1n) is 7.27. The number of hydrogen-bond acceptors (Lipinski definition) is 4. The molecule has 112 valence electrons.